The maximum Gasteiger partial charge on any atom is 0.472 e. The molecular weight excluding hydrogens is 794 g/mol. The van der Waals surface area contributed by atoms with Crippen LogP contribution >= 0.6 is 7.82 Å². The number of aliphatic hydroxyl groups excluding tert-OH is 1. The first-order valence-electron chi connectivity index (χ1n) is 23.6. The predicted octanol–water partition coefficient (Wildman–Crippen LogP) is 12.1. The van der Waals surface area contributed by atoms with Crippen LogP contribution in [0.25, 0.3) is 0 Å². The Bertz CT molecular complexity index is 1430. The second-order valence-corrected chi connectivity index (χ2v) is 17.5. The molecular formula is C49H84NO10P. The fraction of sp³-hybridized carbons (Fsp3) is 0.714. The molecule has 0 bridgehead atoms. The molecule has 350 valence electrons. The maximum atomic E-state index is 12.7. The van der Waals surface area contributed by atoms with Gasteiger partial charge in [-0.25, -0.2) is 4.57 Å². The van der Waals surface area contributed by atoms with Crippen LogP contribution in [0, 0.1) is 13.8 Å². The first-order chi connectivity index (χ1) is 29.5. The van der Waals surface area contributed by atoms with Crippen molar-refractivity contribution in [1.82, 2.24) is 0 Å². The van der Waals surface area contributed by atoms with Crippen LogP contribution in [0.3, 0.4) is 0 Å². The van der Waals surface area contributed by atoms with Crippen LogP contribution in [-0.4, -0.2) is 60.5 Å². The molecule has 1 rings (SSSR count). The fourth-order valence-electron chi connectivity index (χ4n) is 6.70. The number of hydrogen-bond donors (Lipinski definition) is 3. The van der Waals surface area contributed by atoms with Gasteiger partial charge < -0.3 is 29.6 Å². The lowest BCUT2D eigenvalue weighted by atomic mass is 10.0. The third-order valence-corrected chi connectivity index (χ3v) is 11.5. The minimum absolute atomic E-state index is 0.0334. The highest BCUT2D eigenvalue weighted by Crippen LogP contribution is 2.43. The minimum Gasteiger partial charge on any atom is -0.466 e. The number of aryl methyl sites for hydroxylation is 2. The van der Waals surface area contributed by atoms with Crippen molar-refractivity contribution in [3.8, 4) is 0 Å². The summed E-state index contributed by atoms with van der Waals surface area (Å²) in [5.74, 6) is 1.43. The van der Waals surface area contributed by atoms with Gasteiger partial charge in [-0.1, -0.05) is 133 Å². The summed E-state index contributed by atoms with van der Waals surface area (Å²) >= 11 is 0. The summed E-state index contributed by atoms with van der Waals surface area (Å²) in [7, 11) is -4.41. The van der Waals surface area contributed by atoms with Crippen molar-refractivity contribution in [2.45, 2.75) is 200 Å². The van der Waals surface area contributed by atoms with E-state index >= 15 is 0 Å². The van der Waals surface area contributed by atoms with Crippen molar-refractivity contribution in [2.75, 3.05) is 26.4 Å². The zero-order valence-electron chi connectivity index (χ0n) is 38.5. The van der Waals surface area contributed by atoms with Gasteiger partial charge in [0.05, 0.1) is 19.3 Å². The van der Waals surface area contributed by atoms with Gasteiger partial charge in [0, 0.05) is 32.2 Å². The Hall–Kier alpha value is -2.79. The molecule has 1 aromatic rings. The zero-order chi connectivity index (χ0) is 44.8. The smallest absolute Gasteiger partial charge is 0.466 e. The Kier molecular flexibility index (Phi) is 34.8. The van der Waals surface area contributed by atoms with E-state index in [1.165, 1.54) is 80.4 Å². The molecule has 1 aromatic heterocycles. The highest BCUT2D eigenvalue weighted by molar-refractivity contribution is 7.47. The normalized spacial score (nSPS) is 14.1. The number of furan rings is 1. The molecule has 1 heterocycles. The van der Waals surface area contributed by atoms with Crippen molar-refractivity contribution in [3.63, 3.8) is 0 Å². The number of aliphatic hydroxyl groups is 1. The number of phosphoric ester groups is 1. The first kappa shape index (κ1) is 56.2. The lowest BCUT2D eigenvalue weighted by Gasteiger charge is -2.19. The number of phosphoric acid groups is 1. The number of nitrogens with two attached hydrogens (primary N) is 1. The molecule has 0 spiro atoms. The molecule has 0 saturated carbocycles. The molecule has 0 saturated heterocycles. The summed E-state index contributed by atoms with van der Waals surface area (Å²) in [6.07, 6.45) is 38.8. The standard InChI is InChI=1S/C49H84NO10P/c1-5-7-27-34-46-42(3)43(4)47(60-46)35-29-24-20-16-13-14-18-22-26-31-37-49(53)59-45(41-58-61(54,55)57-39-38-50)40-56-48(52)36-30-25-21-17-12-10-8-9-11-15-19-23-28-33-44(51)32-6-2/h8,10-11,15,17,21,23,28,44-45,51H,5-7,9,12-14,16,18-20,22,24-27,29-41,50H2,1-4H3,(H,54,55)/b10-8-,15-11-,21-17-,28-23-/t44?,45-/m1/s1. The number of allylic oxidation sites excluding steroid dienone is 7. The number of unbranched alkanes of at least 4 members (excludes halogenated alkanes) is 12. The molecule has 0 aliphatic rings. The van der Waals surface area contributed by atoms with Gasteiger partial charge in [0.25, 0.3) is 0 Å². The van der Waals surface area contributed by atoms with Crippen LogP contribution in [0.2, 0.25) is 0 Å². The maximum absolute atomic E-state index is 12.7. The number of esters is 2. The Balaban J connectivity index is 2.26. The van der Waals surface area contributed by atoms with E-state index in [9.17, 15) is 24.2 Å². The average molecular weight is 878 g/mol. The molecule has 0 amide bonds. The van der Waals surface area contributed by atoms with Gasteiger partial charge in [0.2, 0.25) is 0 Å². The van der Waals surface area contributed by atoms with Gasteiger partial charge >= 0.3 is 19.8 Å². The van der Waals surface area contributed by atoms with E-state index in [0.717, 1.165) is 64.2 Å². The molecule has 0 aromatic carbocycles. The van der Waals surface area contributed by atoms with Crippen molar-refractivity contribution >= 4 is 19.8 Å². The molecule has 4 N–H and O–H groups in total. The molecule has 0 aliphatic heterocycles. The van der Waals surface area contributed by atoms with E-state index in [0.29, 0.717) is 25.7 Å². The van der Waals surface area contributed by atoms with Crippen molar-refractivity contribution in [3.05, 3.63) is 71.3 Å². The Morgan fingerprint density at radius 3 is 1.77 bits per heavy atom. The van der Waals surface area contributed by atoms with Crippen LogP contribution in [0.15, 0.2) is 53.0 Å². The molecule has 3 atom stereocenters. The predicted molar refractivity (Wildman–Crippen MR) is 247 cm³/mol. The quantitative estimate of drug-likeness (QED) is 0.0248. The number of rotatable bonds is 40. The molecule has 12 heteroatoms. The Labute approximate surface area is 369 Å². The first-order valence-corrected chi connectivity index (χ1v) is 25.0. The Morgan fingerprint density at radius 2 is 1.20 bits per heavy atom. The van der Waals surface area contributed by atoms with Gasteiger partial charge in [-0.2, -0.15) is 0 Å². The monoisotopic (exact) mass is 878 g/mol. The van der Waals surface area contributed by atoms with E-state index in [1.54, 1.807) is 0 Å². The largest absolute Gasteiger partial charge is 0.472 e. The van der Waals surface area contributed by atoms with Crippen molar-refractivity contribution in [2.24, 2.45) is 5.73 Å². The van der Waals surface area contributed by atoms with Crippen LogP contribution in [0.4, 0.5) is 0 Å². The lowest BCUT2D eigenvalue weighted by Crippen LogP contribution is -2.29. The third kappa shape index (κ3) is 31.7. The second kappa shape index (κ2) is 37.7. The summed E-state index contributed by atoms with van der Waals surface area (Å²) in [6, 6.07) is 0. The molecule has 0 radical (unpaired) electrons. The second-order valence-electron chi connectivity index (χ2n) is 16.0. The minimum atomic E-state index is -4.41. The number of carbonyl (C=O) groups excluding carboxylic acids is 2. The van der Waals surface area contributed by atoms with Crippen LogP contribution < -0.4 is 5.73 Å². The molecule has 11 nitrogen and oxygen atoms in total. The number of hydrogen-bond acceptors (Lipinski definition) is 10. The van der Waals surface area contributed by atoms with Gasteiger partial charge in [0.15, 0.2) is 6.10 Å². The number of carbonyl (C=O) groups is 2. The van der Waals surface area contributed by atoms with Crippen molar-refractivity contribution in [1.29, 1.82) is 0 Å². The molecule has 2 unspecified atom stereocenters. The topological polar surface area (TPSA) is 168 Å². The lowest BCUT2D eigenvalue weighted by molar-refractivity contribution is -0.161. The van der Waals surface area contributed by atoms with E-state index in [4.69, 9.17) is 28.7 Å². The van der Waals surface area contributed by atoms with Gasteiger partial charge in [0.1, 0.15) is 18.1 Å². The highest BCUT2D eigenvalue weighted by atomic mass is 31.2. The SMILES string of the molecule is CCCCCc1oc(CCCCCCCCCCCCC(=O)O[C@H](COC(=O)CCC/C=C\C/C=C\C/C=C\C/C=C\CC(O)CCC)COP(=O)(O)OCCN)c(C)c1C. The van der Waals surface area contributed by atoms with Crippen LogP contribution in [0.1, 0.15) is 184 Å². The van der Waals surface area contributed by atoms with Gasteiger partial charge in [-0.3, -0.25) is 18.6 Å². The summed E-state index contributed by atoms with van der Waals surface area (Å²) < 4.78 is 39.0. The van der Waals surface area contributed by atoms with E-state index in [-0.39, 0.29) is 38.7 Å². The molecule has 0 aliphatic carbocycles. The van der Waals surface area contributed by atoms with Crippen LogP contribution in [0.5, 0.6) is 0 Å². The van der Waals surface area contributed by atoms with E-state index < -0.39 is 32.5 Å². The summed E-state index contributed by atoms with van der Waals surface area (Å²) in [4.78, 5) is 35.0. The summed E-state index contributed by atoms with van der Waals surface area (Å²) in [5.41, 5.74) is 8.03. The highest BCUT2D eigenvalue weighted by Gasteiger charge is 2.26. The Morgan fingerprint density at radius 1 is 0.672 bits per heavy atom. The van der Waals surface area contributed by atoms with Gasteiger partial charge in [-0.05, 0) is 89.2 Å². The average Bonchev–Trinajstić information content (AvgIpc) is 3.50. The van der Waals surface area contributed by atoms with E-state index in [1.807, 2.05) is 12.2 Å². The fourth-order valence-corrected chi connectivity index (χ4v) is 7.47. The number of ether oxygens (including phenoxy) is 2. The molecule has 61 heavy (non-hydrogen) atoms. The summed E-state index contributed by atoms with van der Waals surface area (Å²) in [6.45, 7) is 7.79. The molecule has 0 fully saturated rings. The third-order valence-electron chi connectivity index (χ3n) is 10.5. The van der Waals surface area contributed by atoms with Gasteiger partial charge in [-0.15, -0.1) is 0 Å². The zero-order valence-corrected chi connectivity index (χ0v) is 39.4. The van der Waals surface area contributed by atoms with Crippen LogP contribution in [-0.2, 0) is 45.5 Å². The summed E-state index contributed by atoms with van der Waals surface area (Å²) in [5, 5.41) is 9.73. The van der Waals surface area contributed by atoms with Crippen molar-refractivity contribution < 1.29 is 47.1 Å². The van der Waals surface area contributed by atoms with E-state index in [2.05, 4.69) is 64.2 Å².